The van der Waals surface area contributed by atoms with E-state index in [4.69, 9.17) is 0 Å². The minimum atomic E-state index is 0.411. The van der Waals surface area contributed by atoms with E-state index < -0.39 is 0 Å². The maximum absolute atomic E-state index is 2.39. The third-order valence-corrected chi connectivity index (χ3v) is 6.07. The predicted molar refractivity (Wildman–Crippen MR) is 131 cm³/mol. The molecule has 0 N–H and O–H groups in total. The van der Waals surface area contributed by atoms with Crippen molar-refractivity contribution in [1.82, 2.24) is 4.57 Å². The van der Waals surface area contributed by atoms with Gasteiger partial charge in [0.25, 0.3) is 5.82 Å². The summed E-state index contributed by atoms with van der Waals surface area (Å²) in [5.41, 5.74) is 9.18. The van der Waals surface area contributed by atoms with Crippen LogP contribution in [-0.4, -0.2) is 4.57 Å². The molecule has 0 bridgehead atoms. The zero-order valence-electron chi connectivity index (χ0n) is 19.6. The van der Waals surface area contributed by atoms with Gasteiger partial charge in [-0.1, -0.05) is 75.7 Å². The van der Waals surface area contributed by atoms with Gasteiger partial charge in [0.15, 0.2) is 0 Å². The maximum Gasteiger partial charge on any atom is 0.293 e. The average Bonchev–Trinajstić information content (AvgIpc) is 3.14. The van der Waals surface area contributed by atoms with Gasteiger partial charge >= 0.3 is 0 Å². The quantitative estimate of drug-likeness (QED) is 0.308. The Balaban J connectivity index is 2.00. The van der Waals surface area contributed by atoms with Gasteiger partial charge in [-0.25, -0.2) is 4.57 Å². The molecule has 158 valence electrons. The minimum Gasteiger partial charge on any atom is -0.232 e. The lowest BCUT2D eigenvalue weighted by Gasteiger charge is -2.20. The lowest BCUT2D eigenvalue weighted by Crippen LogP contribution is -2.29. The third kappa shape index (κ3) is 4.07. The van der Waals surface area contributed by atoms with Gasteiger partial charge in [0, 0.05) is 11.1 Å². The number of nitrogens with zero attached hydrogens (tertiary/aromatic N) is 2. The number of benzene rings is 3. The van der Waals surface area contributed by atoms with E-state index in [-0.39, 0.29) is 0 Å². The molecule has 0 aliphatic heterocycles. The summed E-state index contributed by atoms with van der Waals surface area (Å²) in [6.45, 7) is 11.3. The maximum atomic E-state index is 2.39. The molecule has 0 amide bonds. The first-order valence-electron chi connectivity index (χ1n) is 11.2. The number of hydrogen-bond acceptors (Lipinski definition) is 0. The highest BCUT2D eigenvalue weighted by atomic mass is 15.1. The first-order chi connectivity index (χ1) is 14.9. The van der Waals surface area contributed by atoms with Gasteiger partial charge in [-0.3, -0.25) is 0 Å². The molecule has 0 saturated heterocycles. The van der Waals surface area contributed by atoms with Crippen LogP contribution in [0.2, 0.25) is 0 Å². The summed E-state index contributed by atoms with van der Waals surface area (Å²) in [6.07, 6.45) is 4.37. The highest BCUT2D eigenvalue weighted by Gasteiger charge is 2.26. The number of aryl methyl sites for hydroxylation is 2. The molecule has 0 aliphatic rings. The van der Waals surface area contributed by atoms with Crippen LogP contribution >= 0.6 is 0 Å². The van der Waals surface area contributed by atoms with Gasteiger partial charge in [-0.15, -0.1) is 0 Å². The molecule has 1 heterocycles. The molecule has 3 aromatic carbocycles. The van der Waals surface area contributed by atoms with Gasteiger partial charge in [0.1, 0.15) is 18.1 Å². The van der Waals surface area contributed by atoms with Gasteiger partial charge in [-0.2, -0.15) is 4.57 Å². The molecule has 0 spiro atoms. The Morgan fingerprint density at radius 3 is 1.84 bits per heavy atom. The van der Waals surface area contributed by atoms with Crippen molar-refractivity contribution in [1.29, 1.82) is 0 Å². The molecule has 31 heavy (non-hydrogen) atoms. The summed E-state index contributed by atoms with van der Waals surface area (Å²) in [4.78, 5) is 0. The number of aromatic nitrogens is 2. The first kappa shape index (κ1) is 21.1. The highest BCUT2D eigenvalue weighted by Crippen LogP contribution is 2.37. The van der Waals surface area contributed by atoms with Gasteiger partial charge < -0.3 is 0 Å². The molecule has 0 atom stereocenters. The van der Waals surface area contributed by atoms with Crippen LogP contribution in [0.3, 0.4) is 0 Å². The van der Waals surface area contributed by atoms with Gasteiger partial charge in [-0.05, 0) is 54.2 Å². The van der Waals surface area contributed by atoms with Crippen molar-refractivity contribution in [2.24, 2.45) is 7.05 Å². The van der Waals surface area contributed by atoms with Crippen molar-refractivity contribution in [3.05, 3.63) is 95.8 Å². The van der Waals surface area contributed by atoms with Crippen molar-refractivity contribution in [3.63, 3.8) is 0 Å². The van der Waals surface area contributed by atoms with Crippen LogP contribution < -0.4 is 4.57 Å². The van der Waals surface area contributed by atoms with Crippen molar-refractivity contribution in [2.45, 2.75) is 46.5 Å². The van der Waals surface area contributed by atoms with E-state index in [1.807, 2.05) is 0 Å². The zero-order valence-corrected chi connectivity index (χ0v) is 19.6. The van der Waals surface area contributed by atoms with E-state index >= 15 is 0 Å². The van der Waals surface area contributed by atoms with E-state index in [0.29, 0.717) is 11.8 Å². The van der Waals surface area contributed by atoms with Crippen molar-refractivity contribution in [2.75, 3.05) is 0 Å². The van der Waals surface area contributed by atoms with Gasteiger partial charge in [0.2, 0.25) is 0 Å². The predicted octanol–water partition coefficient (Wildman–Crippen LogP) is 7.19. The molecule has 0 unspecified atom stereocenters. The van der Waals surface area contributed by atoms with Crippen LogP contribution in [0.4, 0.5) is 0 Å². The summed E-state index contributed by atoms with van der Waals surface area (Å²) in [5, 5.41) is 0. The van der Waals surface area contributed by atoms with Crippen LogP contribution in [-0.2, 0) is 7.05 Å². The minimum absolute atomic E-state index is 0.411. The van der Waals surface area contributed by atoms with Crippen LogP contribution in [0, 0.1) is 6.92 Å². The summed E-state index contributed by atoms with van der Waals surface area (Å²) in [7, 11) is 2.13. The molecule has 4 aromatic rings. The molecule has 0 aliphatic carbocycles. The Morgan fingerprint density at radius 2 is 1.29 bits per heavy atom. The number of hydrogen-bond donors (Lipinski definition) is 0. The molecular weight excluding hydrogens is 376 g/mol. The van der Waals surface area contributed by atoms with Crippen LogP contribution in [0.15, 0.2) is 79.1 Å². The van der Waals surface area contributed by atoms with Gasteiger partial charge in [0.05, 0.1) is 12.6 Å². The fourth-order valence-corrected chi connectivity index (χ4v) is 4.34. The topological polar surface area (TPSA) is 8.81 Å². The second kappa shape index (κ2) is 8.55. The Morgan fingerprint density at radius 1 is 0.710 bits per heavy atom. The fraction of sp³-hybridized carbons (Fsp3) is 0.276. The Bertz CT molecular complexity index is 1150. The Kier molecular flexibility index (Phi) is 5.82. The second-order valence-corrected chi connectivity index (χ2v) is 9.15. The summed E-state index contributed by atoms with van der Waals surface area (Å²) < 4.78 is 4.61. The molecule has 4 rings (SSSR count). The van der Waals surface area contributed by atoms with E-state index in [2.05, 4.69) is 130 Å². The molecule has 0 saturated carbocycles. The van der Waals surface area contributed by atoms with Crippen molar-refractivity contribution in [3.8, 4) is 28.2 Å². The third-order valence-electron chi connectivity index (χ3n) is 6.07. The molecule has 0 radical (unpaired) electrons. The molecular formula is C29H33N2+. The SMILES string of the molecule is Cc1ccc(-c2cc(C(C)C)c(-n3cc[n+](C)c3-c3ccccc3)c(C(C)C)c2)cc1. The molecule has 0 fully saturated rings. The molecule has 2 nitrogen and oxygen atoms in total. The smallest absolute Gasteiger partial charge is 0.232 e. The lowest BCUT2D eigenvalue weighted by molar-refractivity contribution is -0.659. The summed E-state index contributed by atoms with van der Waals surface area (Å²) >= 11 is 0. The Labute approximate surface area is 186 Å². The average molecular weight is 410 g/mol. The Hall–Kier alpha value is -3.13. The van der Waals surface area contributed by atoms with E-state index in [9.17, 15) is 0 Å². The van der Waals surface area contributed by atoms with E-state index in [1.54, 1.807) is 0 Å². The van der Waals surface area contributed by atoms with E-state index in [0.717, 1.165) is 0 Å². The fourth-order valence-electron chi connectivity index (χ4n) is 4.34. The molecule has 2 heteroatoms. The number of rotatable bonds is 5. The molecule has 1 aromatic heterocycles. The summed E-state index contributed by atoms with van der Waals surface area (Å²) in [5.74, 6) is 2.02. The normalized spacial score (nSPS) is 11.5. The zero-order chi connectivity index (χ0) is 22.1. The lowest BCUT2D eigenvalue weighted by atomic mass is 9.88. The van der Waals surface area contributed by atoms with E-state index in [1.165, 1.54) is 44.9 Å². The summed E-state index contributed by atoms with van der Waals surface area (Å²) in [6, 6.07) is 24.3. The second-order valence-electron chi connectivity index (χ2n) is 9.15. The standard InChI is InChI=1S/C29H33N2/c1-20(2)26-18-25(23-14-12-22(5)13-15-23)19-27(21(3)4)28(26)31-17-16-30(6)29(31)24-10-8-7-9-11-24/h7-21H,1-6H3/q+1. The largest absolute Gasteiger partial charge is 0.293 e. The van der Waals surface area contributed by atoms with Crippen LogP contribution in [0.5, 0.6) is 0 Å². The van der Waals surface area contributed by atoms with Crippen molar-refractivity contribution >= 4 is 0 Å². The van der Waals surface area contributed by atoms with Crippen LogP contribution in [0.25, 0.3) is 28.2 Å². The monoisotopic (exact) mass is 409 g/mol. The first-order valence-corrected chi connectivity index (χ1v) is 11.2. The van der Waals surface area contributed by atoms with Crippen LogP contribution in [0.1, 0.15) is 56.2 Å². The number of imidazole rings is 1. The highest BCUT2D eigenvalue weighted by molar-refractivity contribution is 5.71. The van der Waals surface area contributed by atoms with Crippen molar-refractivity contribution < 1.29 is 4.57 Å².